The molecule has 0 spiro atoms. The molecule has 2 aliphatic heterocycles. The molecule has 18 heavy (non-hydrogen) atoms. The first-order valence-electron chi connectivity index (χ1n) is 6.79. The molecule has 2 aliphatic rings. The third kappa shape index (κ3) is 3.45. The van der Waals surface area contributed by atoms with E-state index in [2.05, 4.69) is 0 Å². The molecule has 102 valence electrons. The Hall–Kier alpha value is -1.10. The lowest BCUT2D eigenvalue weighted by atomic mass is 9.97. The van der Waals surface area contributed by atoms with Crippen LogP contribution in [0, 0.1) is 5.92 Å². The summed E-state index contributed by atoms with van der Waals surface area (Å²) in [4.78, 5) is 24.7. The maximum atomic E-state index is 12.1. The minimum absolute atomic E-state index is 0.0384. The minimum Gasteiger partial charge on any atom is -0.481 e. The molecule has 2 saturated heterocycles. The van der Waals surface area contributed by atoms with Gasteiger partial charge in [0.05, 0.1) is 18.4 Å². The van der Waals surface area contributed by atoms with Gasteiger partial charge in [-0.05, 0) is 32.1 Å². The summed E-state index contributed by atoms with van der Waals surface area (Å²) < 4.78 is 5.55. The van der Waals surface area contributed by atoms with Crippen molar-refractivity contribution in [3.05, 3.63) is 0 Å². The zero-order valence-corrected chi connectivity index (χ0v) is 10.6. The quantitative estimate of drug-likeness (QED) is 0.824. The number of hydrogen-bond acceptors (Lipinski definition) is 3. The molecule has 0 bridgehead atoms. The fraction of sp³-hybridized carbons (Fsp3) is 0.846. The molecule has 1 N–H and O–H groups in total. The van der Waals surface area contributed by atoms with Gasteiger partial charge in [-0.25, -0.2) is 0 Å². The summed E-state index contributed by atoms with van der Waals surface area (Å²) in [6, 6.07) is 0. The molecule has 0 aromatic heterocycles. The van der Waals surface area contributed by atoms with E-state index in [0.29, 0.717) is 25.9 Å². The first-order chi connectivity index (χ1) is 8.66. The average Bonchev–Trinajstić information content (AvgIpc) is 2.40. The Balaban J connectivity index is 1.82. The molecule has 0 radical (unpaired) electrons. The van der Waals surface area contributed by atoms with E-state index in [1.807, 2.05) is 0 Å². The zero-order valence-electron chi connectivity index (χ0n) is 10.6. The Morgan fingerprint density at radius 1 is 1.22 bits per heavy atom. The number of carboxylic acid groups (broad SMARTS) is 1. The molecule has 2 rings (SSSR count). The lowest BCUT2D eigenvalue weighted by molar-refractivity contribution is -0.146. The highest BCUT2D eigenvalue weighted by Gasteiger charge is 2.29. The van der Waals surface area contributed by atoms with Crippen LogP contribution in [0.15, 0.2) is 0 Å². The molecule has 0 saturated carbocycles. The van der Waals surface area contributed by atoms with Crippen molar-refractivity contribution in [2.45, 2.75) is 44.6 Å². The number of hydrogen-bond donors (Lipinski definition) is 1. The summed E-state index contributed by atoms with van der Waals surface area (Å²) in [5.74, 6) is -1.13. The molecule has 0 aromatic rings. The lowest BCUT2D eigenvalue weighted by Gasteiger charge is -2.32. The Labute approximate surface area is 107 Å². The van der Waals surface area contributed by atoms with Crippen molar-refractivity contribution in [2.75, 3.05) is 19.7 Å². The Morgan fingerprint density at radius 3 is 2.72 bits per heavy atom. The summed E-state index contributed by atoms with van der Waals surface area (Å²) in [6.07, 6.45) is 5.06. The smallest absolute Gasteiger partial charge is 0.308 e. The predicted octanol–water partition coefficient (Wildman–Crippen LogP) is 1.27. The topological polar surface area (TPSA) is 66.8 Å². The molecule has 1 amide bonds. The van der Waals surface area contributed by atoms with Crippen molar-refractivity contribution in [1.82, 2.24) is 4.90 Å². The van der Waals surface area contributed by atoms with Gasteiger partial charge in [-0.1, -0.05) is 0 Å². The van der Waals surface area contributed by atoms with Crippen LogP contribution in [0.2, 0.25) is 0 Å². The van der Waals surface area contributed by atoms with E-state index < -0.39 is 11.9 Å². The number of nitrogens with zero attached hydrogens (tertiary/aromatic N) is 1. The summed E-state index contributed by atoms with van der Waals surface area (Å²) in [5.41, 5.74) is 0. The number of carboxylic acids is 1. The van der Waals surface area contributed by atoms with E-state index in [4.69, 9.17) is 9.84 Å². The van der Waals surface area contributed by atoms with Gasteiger partial charge in [0.25, 0.3) is 0 Å². The van der Waals surface area contributed by atoms with Crippen molar-refractivity contribution in [3.63, 3.8) is 0 Å². The van der Waals surface area contributed by atoms with Gasteiger partial charge in [-0.3, -0.25) is 9.59 Å². The molecule has 2 heterocycles. The molecule has 5 heteroatoms. The van der Waals surface area contributed by atoms with Crippen LogP contribution in [0.4, 0.5) is 0 Å². The molecule has 5 nitrogen and oxygen atoms in total. The Bertz CT molecular complexity index is 312. The molecule has 2 fully saturated rings. The van der Waals surface area contributed by atoms with Gasteiger partial charge in [-0.2, -0.15) is 0 Å². The van der Waals surface area contributed by atoms with Gasteiger partial charge in [0.1, 0.15) is 0 Å². The fourth-order valence-electron chi connectivity index (χ4n) is 2.70. The third-order valence-electron chi connectivity index (χ3n) is 3.80. The number of piperidine rings is 1. The van der Waals surface area contributed by atoms with Crippen molar-refractivity contribution in [3.8, 4) is 0 Å². The van der Waals surface area contributed by atoms with Gasteiger partial charge in [-0.15, -0.1) is 0 Å². The van der Waals surface area contributed by atoms with Crippen molar-refractivity contribution in [2.24, 2.45) is 5.92 Å². The van der Waals surface area contributed by atoms with Crippen molar-refractivity contribution < 1.29 is 19.4 Å². The van der Waals surface area contributed by atoms with Crippen LogP contribution >= 0.6 is 0 Å². The summed E-state index contributed by atoms with van der Waals surface area (Å²) in [5, 5.41) is 9.00. The van der Waals surface area contributed by atoms with E-state index in [9.17, 15) is 9.59 Å². The first-order valence-corrected chi connectivity index (χ1v) is 6.79. The van der Waals surface area contributed by atoms with Crippen molar-refractivity contribution in [1.29, 1.82) is 0 Å². The highest BCUT2D eigenvalue weighted by Crippen LogP contribution is 2.20. The highest BCUT2D eigenvalue weighted by molar-refractivity contribution is 5.78. The molecule has 0 aromatic carbocycles. The normalized spacial score (nSPS) is 29.0. The number of amides is 1. The number of carbonyl (C=O) groups excluding carboxylic acids is 1. The largest absolute Gasteiger partial charge is 0.481 e. The summed E-state index contributed by atoms with van der Waals surface area (Å²) in [6.45, 7) is 1.80. The molecule has 1 unspecified atom stereocenters. The van der Waals surface area contributed by atoms with E-state index >= 15 is 0 Å². The van der Waals surface area contributed by atoms with Gasteiger partial charge >= 0.3 is 5.97 Å². The molecule has 0 aliphatic carbocycles. The zero-order chi connectivity index (χ0) is 13.0. The second kappa shape index (κ2) is 6.18. The van der Waals surface area contributed by atoms with Gasteiger partial charge in [0.2, 0.25) is 5.91 Å². The molecular weight excluding hydrogens is 234 g/mol. The van der Waals surface area contributed by atoms with Crippen molar-refractivity contribution >= 4 is 11.9 Å². The van der Waals surface area contributed by atoms with E-state index in [-0.39, 0.29) is 12.0 Å². The first kappa shape index (κ1) is 13.3. The van der Waals surface area contributed by atoms with Gasteiger partial charge < -0.3 is 14.7 Å². The van der Waals surface area contributed by atoms with E-state index in [1.165, 1.54) is 0 Å². The van der Waals surface area contributed by atoms with Gasteiger partial charge in [0, 0.05) is 19.7 Å². The number of aliphatic carboxylic acids is 1. The Kier molecular flexibility index (Phi) is 4.58. The van der Waals surface area contributed by atoms with Crippen LogP contribution in [-0.4, -0.2) is 47.7 Å². The number of carbonyl (C=O) groups is 2. The minimum atomic E-state index is -0.790. The van der Waals surface area contributed by atoms with E-state index in [1.54, 1.807) is 4.90 Å². The lowest BCUT2D eigenvalue weighted by Crippen LogP contribution is -2.43. The molecule has 2 atom stereocenters. The maximum absolute atomic E-state index is 12.1. The second-order valence-corrected chi connectivity index (χ2v) is 5.21. The van der Waals surface area contributed by atoms with Crippen LogP contribution in [0.3, 0.4) is 0 Å². The average molecular weight is 255 g/mol. The second-order valence-electron chi connectivity index (χ2n) is 5.21. The van der Waals surface area contributed by atoms with Crippen LogP contribution < -0.4 is 0 Å². The fourth-order valence-corrected chi connectivity index (χ4v) is 2.70. The van der Waals surface area contributed by atoms with E-state index in [0.717, 1.165) is 32.3 Å². The third-order valence-corrected chi connectivity index (χ3v) is 3.80. The standard InChI is InChI=1S/C13H21NO4/c15-12(8-11-5-1-2-7-18-11)14-6-3-4-10(9-14)13(16)17/h10-11H,1-9H2,(H,16,17)/t10-,11?/m0/s1. The van der Waals surface area contributed by atoms with Crippen LogP contribution in [0.25, 0.3) is 0 Å². The van der Waals surface area contributed by atoms with Crippen LogP contribution in [0.1, 0.15) is 38.5 Å². The number of likely N-dealkylation sites (tertiary alicyclic amines) is 1. The monoisotopic (exact) mass is 255 g/mol. The summed E-state index contributed by atoms with van der Waals surface area (Å²) in [7, 11) is 0. The number of rotatable bonds is 3. The van der Waals surface area contributed by atoms with Crippen LogP contribution in [-0.2, 0) is 14.3 Å². The maximum Gasteiger partial charge on any atom is 0.308 e. The van der Waals surface area contributed by atoms with Gasteiger partial charge in [0.15, 0.2) is 0 Å². The highest BCUT2D eigenvalue weighted by atomic mass is 16.5. The Morgan fingerprint density at radius 2 is 2.06 bits per heavy atom. The molecular formula is C13H21NO4. The summed E-state index contributed by atoms with van der Waals surface area (Å²) >= 11 is 0. The van der Waals surface area contributed by atoms with Crippen LogP contribution in [0.5, 0.6) is 0 Å². The SMILES string of the molecule is O=C(O)[C@H]1CCCN(C(=O)CC2CCCCO2)C1. The number of ether oxygens (including phenoxy) is 1. The predicted molar refractivity (Wildman–Crippen MR) is 65.1 cm³/mol.